The van der Waals surface area contributed by atoms with Crippen LogP contribution in [0.15, 0.2) is 30.6 Å². The lowest BCUT2D eigenvalue weighted by molar-refractivity contribution is -0.144. The molecule has 7 nitrogen and oxygen atoms in total. The Hall–Kier alpha value is -2.69. The predicted octanol–water partition coefficient (Wildman–Crippen LogP) is 1.49. The SMILES string of the molecule is Fc1cnn(C2(CNc3cccc4nc(C(F)(F)F)nn34)CNC2)c1. The fraction of sp³-hybridized carbons (Fsp3) is 0.357. The van der Waals surface area contributed by atoms with Crippen LogP contribution >= 0.6 is 0 Å². The summed E-state index contributed by atoms with van der Waals surface area (Å²) in [5.74, 6) is -1.28. The summed E-state index contributed by atoms with van der Waals surface area (Å²) in [6.45, 7) is 1.45. The zero-order valence-electron chi connectivity index (χ0n) is 12.8. The third-order valence-corrected chi connectivity index (χ3v) is 4.16. The van der Waals surface area contributed by atoms with E-state index in [1.54, 1.807) is 12.1 Å². The number of hydrogen-bond donors (Lipinski definition) is 2. The Bertz CT molecular complexity index is 909. The van der Waals surface area contributed by atoms with Gasteiger partial charge in [0.1, 0.15) is 11.4 Å². The summed E-state index contributed by atoms with van der Waals surface area (Å²) in [4.78, 5) is 3.49. The molecule has 0 aromatic carbocycles. The van der Waals surface area contributed by atoms with Crippen LogP contribution in [-0.4, -0.2) is 44.0 Å². The summed E-state index contributed by atoms with van der Waals surface area (Å²) in [5, 5.41) is 13.7. The molecule has 0 unspecified atom stereocenters. The summed E-state index contributed by atoms with van der Waals surface area (Å²) >= 11 is 0. The van der Waals surface area contributed by atoms with E-state index in [9.17, 15) is 17.6 Å². The number of halogens is 4. The number of pyridine rings is 1. The molecule has 1 saturated heterocycles. The van der Waals surface area contributed by atoms with Gasteiger partial charge >= 0.3 is 6.18 Å². The Morgan fingerprint density at radius 2 is 2.08 bits per heavy atom. The molecule has 0 atom stereocenters. The number of rotatable bonds is 4. The Kier molecular flexibility index (Phi) is 3.42. The normalized spacial score (nSPS) is 16.8. The molecular formula is C14H13F4N7. The van der Waals surface area contributed by atoms with Gasteiger partial charge in [0, 0.05) is 19.6 Å². The average molecular weight is 355 g/mol. The molecule has 0 radical (unpaired) electrons. The zero-order chi connectivity index (χ0) is 17.7. The van der Waals surface area contributed by atoms with E-state index in [0.29, 0.717) is 25.5 Å². The van der Waals surface area contributed by atoms with Crippen LogP contribution in [0.4, 0.5) is 23.4 Å². The van der Waals surface area contributed by atoms with Crippen LogP contribution in [0, 0.1) is 5.82 Å². The van der Waals surface area contributed by atoms with Crippen LogP contribution in [0.25, 0.3) is 5.65 Å². The molecule has 4 rings (SSSR count). The van der Waals surface area contributed by atoms with E-state index < -0.39 is 23.4 Å². The maximum Gasteiger partial charge on any atom is 0.453 e. The van der Waals surface area contributed by atoms with Gasteiger partial charge in [-0.1, -0.05) is 6.07 Å². The van der Waals surface area contributed by atoms with Crippen LogP contribution < -0.4 is 10.6 Å². The topological polar surface area (TPSA) is 72.1 Å². The molecule has 3 aromatic heterocycles. The van der Waals surface area contributed by atoms with Crippen LogP contribution in [0.5, 0.6) is 0 Å². The Morgan fingerprint density at radius 1 is 1.28 bits per heavy atom. The Balaban J connectivity index is 1.61. The summed E-state index contributed by atoms with van der Waals surface area (Å²) in [7, 11) is 0. The smallest absolute Gasteiger partial charge is 0.367 e. The van der Waals surface area contributed by atoms with Crippen molar-refractivity contribution in [3.05, 3.63) is 42.2 Å². The van der Waals surface area contributed by atoms with Gasteiger partial charge in [-0.15, -0.1) is 5.10 Å². The third kappa shape index (κ3) is 2.69. The highest BCUT2D eigenvalue weighted by Gasteiger charge is 2.40. The first-order chi connectivity index (χ1) is 11.9. The molecule has 0 amide bonds. The van der Waals surface area contributed by atoms with Crippen molar-refractivity contribution in [1.29, 1.82) is 0 Å². The van der Waals surface area contributed by atoms with Crippen molar-refractivity contribution in [2.75, 3.05) is 25.0 Å². The lowest BCUT2D eigenvalue weighted by Crippen LogP contribution is -2.64. The van der Waals surface area contributed by atoms with Crippen LogP contribution in [0.2, 0.25) is 0 Å². The van der Waals surface area contributed by atoms with E-state index in [-0.39, 0.29) is 5.65 Å². The molecule has 1 aliphatic heterocycles. The second kappa shape index (κ2) is 5.41. The van der Waals surface area contributed by atoms with E-state index in [0.717, 1.165) is 10.7 Å². The fourth-order valence-corrected chi connectivity index (χ4v) is 2.76. The number of nitrogens with one attached hydrogen (secondary N) is 2. The van der Waals surface area contributed by atoms with Gasteiger partial charge in [-0.25, -0.2) is 9.37 Å². The maximum atomic E-state index is 13.3. The van der Waals surface area contributed by atoms with Gasteiger partial charge in [0.15, 0.2) is 11.5 Å². The maximum absolute atomic E-state index is 13.3. The van der Waals surface area contributed by atoms with E-state index in [2.05, 4.69) is 25.8 Å². The second-order valence-corrected chi connectivity index (χ2v) is 5.90. The fourth-order valence-electron chi connectivity index (χ4n) is 2.76. The molecule has 1 fully saturated rings. The van der Waals surface area contributed by atoms with Crippen molar-refractivity contribution in [3.63, 3.8) is 0 Å². The lowest BCUT2D eigenvalue weighted by Gasteiger charge is -2.42. The van der Waals surface area contributed by atoms with Crippen molar-refractivity contribution in [3.8, 4) is 0 Å². The highest BCUT2D eigenvalue weighted by molar-refractivity contribution is 5.49. The molecule has 3 aromatic rings. The Morgan fingerprint density at radius 3 is 2.68 bits per heavy atom. The highest BCUT2D eigenvalue weighted by atomic mass is 19.4. The molecule has 0 bridgehead atoms. The highest BCUT2D eigenvalue weighted by Crippen LogP contribution is 2.28. The molecular weight excluding hydrogens is 342 g/mol. The number of alkyl halides is 3. The van der Waals surface area contributed by atoms with Crippen LogP contribution in [-0.2, 0) is 11.7 Å². The average Bonchev–Trinajstić information content (AvgIpc) is 3.12. The molecule has 11 heteroatoms. The summed E-state index contributed by atoms with van der Waals surface area (Å²) < 4.78 is 54.3. The molecule has 0 aliphatic carbocycles. The summed E-state index contributed by atoms with van der Waals surface area (Å²) in [6.07, 6.45) is -2.21. The van der Waals surface area contributed by atoms with E-state index >= 15 is 0 Å². The van der Waals surface area contributed by atoms with E-state index in [1.807, 2.05) is 0 Å². The standard InChI is InChI=1S/C14H13F4N7/c15-9-4-21-24(5-9)13(6-19-7-13)8-20-10-2-1-3-11-22-12(14(16,17)18)23-25(10)11/h1-5,19-20H,6-8H2. The first kappa shape index (κ1) is 15.8. The number of fused-ring (bicyclic) bond motifs is 1. The lowest BCUT2D eigenvalue weighted by atomic mass is 9.92. The molecule has 132 valence electrons. The van der Waals surface area contributed by atoms with Crippen molar-refractivity contribution in [2.24, 2.45) is 0 Å². The quantitative estimate of drug-likeness (QED) is 0.694. The largest absolute Gasteiger partial charge is 0.453 e. The zero-order valence-corrected chi connectivity index (χ0v) is 12.8. The monoisotopic (exact) mass is 355 g/mol. The Labute approximate surface area is 138 Å². The van der Waals surface area contributed by atoms with Gasteiger partial charge in [-0.3, -0.25) is 4.68 Å². The molecule has 2 N–H and O–H groups in total. The van der Waals surface area contributed by atoms with Crippen LogP contribution in [0.3, 0.4) is 0 Å². The first-order valence-electron chi connectivity index (χ1n) is 7.46. The number of nitrogens with zero attached hydrogens (tertiary/aromatic N) is 5. The number of hydrogen-bond acceptors (Lipinski definition) is 5. The minimum absolute atomic E-state index is 0.0863. The van der Waals surface area contributed by atoms with Gasteiger partial charge < -0.3 is 10.6 Å². The van der Waals surface area contributed by atoms with Crippen molar-refractivity contribution in [2.45, 2.75) is 11.7 Å². The number of aromatic nitrogens is 5. The molecule has 0 saturated carbocycles. The molecule has 25 heavy (non-hydrogen) atoms. The van der Waals surface area contributed by atoms with Gasteiger partial charge in [-0.2, -0.15) is 22.8 Å². The van der Waals surface area contributed by atoms with E-state index in [1.165, 1.54) is 16.9 Å². The third-order valence-electron chi connectivity index (χ3n) is 4.16. The van der Waals surface area contributed by atoms with Gasteiger partial charge in [0.2, 0.25) is 0 Å². The predicted molar refractivity (Wildman–Crippen MR) is 79.5 cm³/mol. The minimum atomic E-state index is -4.62. The van der Waals surface area contributed by atoms with E-state index in [4.69, 9.17) is 0 Å². The number of anilines is 1. The first-order valence-corrected chi connectivity index (χ1v) is 7.46. The van der Waals surface area contributed by atoms with Crippen molar-refractivity contribution < 1.29 is 17.6 Å². The van der Waals surface area contributed by atoms with Crippen molar-refractivity contribution >= 4 is 11.5 Å². The van der Waals surface area contributed by atoms with Gasteiger partial charge in [-0.05, 0) is 12.1 Å². The van der Waals surface area contributed by atoms with Crippen LogP contribution in [0.1, 0.15) is 5.82 Å². The summed E-state index contributed by atoms with van der Waals surface area (Å²) in [6, 6.07) is 4.63. The second-order valence-electron chi connectivity index (χ2n) is 5.90. The molecule has 0 spiro atoms. The van der Waals surface area contributed by atoms with Gasteiger partial charge in [0.25, 0.3) is 5.82 Å². The van der Waals surface area contributed by atoms with Crippen molar-refractivity contribution in [1.82, 2.24) is 29.7 Å². The minimum Gasteiger partial charge on any atom is -0.367 e. The molecule has 1 aliphatic rings. The van der Waals surface area contributed by atoms with Gasteiger partial charge in [0.05, 0.1) is 12.4 Å². The molecule has 4 heterocycles. The summed E-state index contributed by atoms with van der Waals surface area (Å²) in [5.41, 5.74) is -0.414.